The van der Waals surface area contributed by atoms with Crippen LogP contribution in [0, 0.1) is 0 Å². The summed E-state index contributed by atoms with van der Waals surface area (Å²) in [4.78, 5) is 2.98. The fourth-order valence-electron chi connectivity index (χ4n) is 1.82. The monoisotopic (exact) mass is 349 g/mol. The molecule has 0 saturated carbocycles. The minimum Gasteiger partial charge on any atom is -0.0845 e. The second kappa shape index (κ2) is 6.42. The van der Waals surface area contributed by atoms with E-state index in [2.05, 4.69) is 44.7 Å². The average Bonchev–Trinajstić information content (AvgIpc) is 2.46. The van der Waals surface area contributed by atoms with Crippen molar-refractivity contribution in [2.24, 2.45) is 5.11 Å². The van der Waals surface area contributed by atoms with Gasteiger partial charge in [-0.05, 0) is 16.7 Å². The van der Waals surface area contributed by atoms with E-state index in [-0.39, 0.29) is 9.97 Å². The van der Waals surface area contributed by atoms with Crippen molar-refractivity contribution in [2.45, 2.75) is 9.97 Å². The van der Waals surface area contributed by atoms with Gasteiger partial charge in [0.2, 0.25) is 0 Å². The van der Waals surface area contributed by atoms with Crippen molar-refractivity contribution in [3.05, 3.63) is 82.2 Å². The molecule has 0 saturated heterocycles. The predicted octanol–water partition coefficient (Wildman–Crippen LogP) is 5.21. The zero-order valence-corrected chi connectivity index (χ0v) is 11.8. The van der Waals surface area contributed by atoms with Crippen LogP contribution in [0.5, 0.6) is 0 Å². The molecule has 90 valence electrons. The predicted molar refractivity (Wildman–Crippen MR) is 81.5 cm³/mol. The number of hydrogen-bond acceptors (Lipinski definition) is 1. The van der Waals surface area contributed by atoms with Gasteiger partial charge in [-0.25, -0.2) is 0 Å². The molecule has 2 atom stereocenters. The zero-order valence-electron chi connectivity index (χ0n) is 9.65. The molecule has 2 unspecified atom stereocenters. The van der Waals surface area contributed by atoms with Gasteiger partial charge in [-0.1, -0.05) is 88.4 Å². The van der Waals surface area contributed by atoms with Crippen LogP contribution in [0.2, 0.25) is 0 Å². The Bertz CT molecular complexity index is 535. The number of halogens is 1. The van der Waals surface area contributed by atoms with Gasteiger partial charge >= 0.3 is 0 Å². The van der Waals surface area contributed by atoms with E-state index >= 15 is 0 Å². The molecule has 0 aliphatic carbocycles. The molecule has 0 fully saturated rings. The van der Waals surface area contributed by atoms with E-state index in [0.717, 1.165) is 5.56 Å². The molecule has 2 rings (SSSR count). The van der Waals surface area contributed by atoms with E-state index in [4.69, 9.17) is 5.53 Å². The molecule has 18 heavy (non-hydrogen) atoms. The zero-order chi connectivity index (χ0) is 12.8. The maximum Gasteiger partial charge on any atom is 0.0783 e. The Kier molecular flexibility index (Phi) is 4.61. The van der Waals surface area contributed by atoms with E-state index in [1.54, 1.807) is 0 Å². The number of azide groups is 1. The van der Waals surface area contributed by atoms with Crippen molar-refractivity contribution in [3.8, 4) is 0 Å². The molecular weight excluding hydrogens is 337 g/mol. The van der Waals surface area contributed by atoms with Gasteiger partial charge in [0.05, 0.1) is 6.04 Å². The summed E-state index contributed by atoms with van der Waals surface area (Å²) in [5.41, 5.74) is 11.0. The standard InChI is InChI=1S/C14H12IN3/c15-13(11-7-3-1-4-8-11)14(17-18-16)12-9-5-2-6-10-12/h1-10,13-14H. The fourth-order valence-corrected chi connectivity index (χ4v) is 2.79. The number of alkyl halides is 1. The maximum atomic E-state index is 8.75. The molecule has 0 spiro atoms. The first-order valence-electron chi connectivity index (χ1n) is 5.61. The van der Waals surface area contributed by atoms with Crippen molar-refractivity contribution in [1.29, 1.82) is 0 Å². The molecule has 0 amide bonds. The lowest BCUT2D eigenvalue weighted by atomic mass is 10.00. The highest BCUT2D eigenvalue weighted by atomic mass is 127. The summed E-state index contributed by atoms with van der Waals surface area (Å²) in [5, 5.41) is 3.94. The van der Waals surface area contributed by atoms with E-state index in [9.17, 15) is 0 Å². The number of nitrogens with zero attached hydrogens (tertiary/aromatic N) is 3. The van der Waals surface area contributed by atoms with Gasteiger partial charge in [0.1, 0.15) is 0 Å². The van der Waals surface area contributed by atoms with Crippen LogP contribution in [-0.4, -0.2) is 0 Å². The topological polar surface area (TPSA) is 48.8 Å². The highest BCUT2D eigenvalue weighted by molar-refractivity contribution is 14.1. The highest BCUT2D eigenvalue weighted by Crippen LogP contribution is 2.39. The molecule has 0 aliphatic rings. The first-order chi connectivity index (χ1) is 8.83. The minimum absolute atomic E-state index is 0.127. The molecule has 0 radical (unpaired) electrons. The van der Waals surface area contributed by atoms with Crippen molar-refractivity contribution in [3.63, 3.8) is 0 Å². The number of benzene rings is 2. The summed E-state index contributed by atoms with van der Waals surface area (Å²) >= 11 is 2.33. The molecular formula is C14H12IN3. The second-order valence-electron chi connectivity index (χ2n) is 3.87. The van der Waals surface area contributed by atoms with Gasteiger partial charge in [-0.15, -0.1) is 0 Å². The molecule has 0 aliphatic heterocycles. The summed E-state index contributed by atoms with van der Waals surface area (Å²) < 4.78 is 0.127. The Morgan fingerprint density at radius 2 is 1.39 bits per heavy atom. The fraction of sp³-hybridized carbons (Fsp3) is 0.143. The molecule has 0 N–H and O–H groups in total. The van der Waals surface area contributed by atoms with Gasteiger partial charge in [-0.3, -0.25) is 0 Å². The van der Waals surface area contributed by atoms with E-state index < -0.39 is 0 Å². The minimum atomic E-state index is -0.181. The Hall–Kier alpha value is -1.52. The van der Waals surface area contributed by atoms with E-state index in [1.165, 1.54) is 5.56 Å². The molecule has 0 bridgehead atoms. The van der Waals surface area contributed by atoms with Gasteiger partial charge in [0, 0.05) is 8.84 Å². The Balaban J connectivity index is 2.35. The summed E-state index contributed by atoms with van der Waals surface area (Å²) in [6.07, 6.45) is 0. The number of hydrogen-bond donors (Lipinski definition) is 0. The normalized spacial score (nSPS) is 13.4. The lowest BCUT2D eigenvalue weighted by molar-refractivity contribution is 0.720. The van der Waals surface area contributed by atoms with Crippen LogP contribution in [0.1, 0.15) is 21.1 Å². The van der Waals surface area contributed by atoms with Crippen LogP contribution in [0.3, 0.4) is 0 Å². The Morgan fingerprint density at radius 3 is 1.89 bits per heavy atom. The molecule has 2 aromatic rings. The van der Waals surface area contributed by atoms with E-state index in [0.29, 0.717) is 0 Å². The van der Waals surface area contributed by atoms with Crippen LogP contribution < -0.4 is 0 Å². The van der Waals surface area contributed by atoms with Crippen LogP contribution in [-0.2, 0) is 0 Å². The third-order valence-electron chi connectivity index (χ3n) is 2.71. The molecule has 2 aromatic carbocycles. The second-order valence-corrected chi connectivity index (χ2v) is 5.21. The van der Waals surface area contributed by atoms with Crippen LogP contribution in [0.25, 0.3) is 10.4 Å². The van der Waals surface area contributed by atoms with Gasteiger partial charge in [0.15, 0.2) is 0 Å². The van der Waals surface area contributed by atoms with Crippen molar-refractivity contribution < 1.29 is 0 Å². The van der Waals surface area contributed by atoms with Gasteiger partial charge in [0.25, 0.3) is 0 Å². The third-order valence-corrected chi connectivity index (χ3v) is 4.11. The molecule has 0 heterocycles. The van der Waals surface area contributed by atoms with Crippen molar-refractivity contribution in [2.75, 3.05) is 0 Å². The molecule has 0 aromatic heterocycles. The van der Waals surface area contributed by atoms with Crippen LogP contribution >= 0.6 is 22.6 Å². The summed E-state index contributed by atoms with van der Waals surface area (Å²) in [7, 11) is 0. The Morgan fingerprint density at radius 1 is 0.889 bits per heavy atom. The van der Waals surface area contributed by atoms with Gasteiger partial charge < -0.3 is 0 Å². The Labute approximate surface area is 120 Å². The quantitative estimate of drug-likeness (QED) is 0.239. The largest absolute Gasteiger partial charge is 0.0845 e. The first-order valence-corrected chi connectivity index (χ1v) is 6.85. The van der Waals surface area contributed by atoms with Crippen LogP contribution in [0.4, 0.5) is 0 Å². The average molecular weight is 349 g/mol. The highest BCUT2D eigenvalue weighted by Gasteiger charge is 2.20. The van der Waals surface area contributed by atoms with Crippen molar-refractivity contribution >= 4 is 22.6 Å². The smallest absolute Gasteiger partial charge is 0.0783 e. The van der Waals surface area contributed by atoms with Crippen LogP contribution in [0.15, 0.2) is 65.8 Å². The lowest BCUT2D eigenvalue weighted by Gasteiger charge is -2.18. The first kappa shape index (κ1) is 12.9. The summed E-state index contributed by atoms with van der Waals surface area (Å²) in [6, 6.07) is 19.8. The lowest BCUT2D eigenvalue weighted by Crippen LogP contribution is -2.02. The molecule has 3 nitrogen and oxygen atoms in total. The van der Waals surface area contributed by atoms with Gasteiger partial charge in [-0.2, -0.15) is 0 Å². The number of rotatable bonds is 4. The van der Waals surface area contributed by atoms with E-state index in [1.807, 2.05) is 48.5 Å². The van der Waals surface area contributed by atoms with Crippen molar-refractivity contribution in [1.82, 2.24) is 0 Å². The maximum absolute atomic E-state index is 8.75. The summed E-state index contributed by atoms with van der Waals surface area (Å²) in [5.74, 6) is 0. The molecule has 4 heteroatoms. The third kappa shape index (κ3) is 3.03. The summed E-state index contributed by atoms with van der Waals surface area (Å²) in [6.45, 7) is 0. The SMILES string of the molecule is [N-]=[N+]=NC(c1ccccc1)C(I)c1ccccc1.